The average molecular weight is 205 g/mol. The number of ether oxygens (including phenoxy) is 1. The van der Waals surface area contributed by atoms with Gasteiger partial charge in [-0.25, -0.2) is 0 Å². The van der Waals surface area contributed by atoms with E-state index < -0.39 is 5.41 Å². The number of methoxy groups -OCH3 is 1. The van der Waals surface area contributed by atoms with E-state index in [1.165, 1.54) is 0 Å². The van der Waals surface area contributed by atoms with Gasteiger partial charge in [-0.1, -0.05) is 13.8 Å². The first-order chi connectivity index (χ1) is 6.61. The second-order valence-electron chi connectivity index (χ2n) is 3.99. The topological polar surface area (TPSA) is 52.9 Å². The highest BCUT2D eigenvalue weighted by Crippen LogP contribution is 2.15. The molecule has 0 aliphatic rings. The highest BCUT2D eigenvalue weighted by atomic mass is 16.5. The largest absolute Gasteiger partial charge is 0.396 e. The fourth-order valence-electron chi connectivity index (χ4n) is 1.26. The average Bonchev–Trinajstić information content (AvgIpc) is 2.23. The van der Waals surface area contributed by atoms with Crippen molar-refractivity contribution < 1.29 is 14.9 Å². The first-order valence-corrected chi connectivity index (χ1v) is 5.05. The van der Waals surface area contributed by atoms with Crippen molar-refractivity contribution in [2.24, 2.45) is 5.41 Å². The second-order valence-corrected chi connectivity index (χ2v) is 3.99. The van der Waals surface area contributed by atoms with E-state index in [4.69, 9.17) is 14.9 Å². The molecule has 2 N–H and O–H groups in total. The summed E-state index contributed by atoms with van der Waals surface area (Å²) in [4.78, 5) is 2.16. The Kier molecular flexibility index (Phi) is 7.09. The van der Waals surface area contributed by atoms with Gasteiger partial charge in [0, 0.05) is 25.6 Å². The molecule has 0 aromatic heterocycles. The van der Waals surface area contributed by atoms with Crippen LogP contribution in [0.2, 0.25) is 0 Å². The van der Waals surface area contributed by atoms with Crippen molar-refractivity contribution in [3.05, 3.63) is 0 Å². The number of rotatable bonds is 8. The minimum absolute atomic E-state index is 0.00693. The van der Waals surface area contributed by atoms with Crippen LogP contribution in [-0.2, 0) is 4.74 Å². The van der Waals surface area contributed by atoms with Crippen LogP contribution in [0, 0.1) is 5.41 Å². The van der Waals surface area contributed by atoms with Crippen molar-refractivity contribution in [1.29, 1.82) is 0 Å². The summed E-state index contributed by atoms with van der Waals surface area (Å²) in [5, 5.41) is 18.3. The molecular weight excluding hydrogens is 182 g/mol. The van der Waals surface area contributed by atoms with Gasteiger partial charge >= 0.3 is 0 Å². The quantitative estimate of drug-likeness (QED) is 0.583. The molecule has 0 spiro atoms. The summed E-state index contributed by atoms with van der Waals surface area (Å²) in [6.07, 6.45) is 0. The summed E-state index contributed by atoms with van der Waals surface area (Å²) in [5.41, 5.74) is -0.413. The number of likely N-dealkylation sites (N-methyl/N-ethyl adjacent to an activating group) is 1. The van der Waals surface area contributed by atoms with E-state index in [2.05, 4.69) is 11.8 Å². The second kappa shape index (κ2) is 7.17. The van der Waals surface area contributed by atoms with Gasteiger partial charge in [0.2, 0.25) is 0 Å². The molecule has 0 amide bonds. The Hall–Kier alpha value is -0.160. The van der Waals surface area contributed by atoms with Crippen LogP contribution in [-0.4, -0.2) is 61.7 Å². The Bertz CT molecular complexity index is 137. The predicted octanol–water partition coefficient (Wildman–Crippen LogP) is -0.0544. The predicted molar refractivity (Wildman–Crippen MR) is 56.3 cm³/mol. The zero-order chi connectivity index (χ0) is 11.0. The molecule has 0 aliphatic carbocycles. The zero-order valence-electron chi connectivity index (χ0n) is 9.49. The lowest BCUT2D eigenvalue weighted by Crippen LogP contribution is -2.41. The summed E-state index contributed by atoms with van der Waals surface area (Å²) in [5.74, 6) is 0. The molecule has 0 atom stereocenters. The van der Waals surface area contributed by atoms with Crippen molar-refractivity contribution in [2.45, 2.75) is 13.8 Å². The molecule has 0 unspecified atom stereocenters. The summed E-state index contributed by atoms with van der Waals surface area (Å²) in [7, 11) is 1.67. The van der Waals surface area contributed by atoms with E-state index in [1.807, 2.05) is 6.92 Å². The van der Waals surface area contributed by atoms with E-state index in [0.717, 1.165) is 13.1 Å². The first kappa shape index (κ1) is 13.8. The zero-order valence-corrected chi connectivity index (χ0v) is 9.49. The third-order valence-electron chi connectivity index (χ3n) is 2.43. The lowest BCUT2D eigenvalue weighted by molar-refractivity contribution is 0.0293. The minimum atomic E-state index is -0.413. The Morgan fingerprint density at radius 1 is 1.29 bits per heavy atom. The summed E-state index contributed by atoms with van der Waals surface area (Å²) >= 11 is 0. The molecule has 0 bridgehead atoms. The summed E-state index contributed by atoms with van der Waals surface area (Å²) < 4.78 is 4.99. The fourth-order valence-corrected chi connectivity index (χ4v) is 1.26. The lowest BCUT2D eigenvalue weighted by atomic mass is 9.92. The molecule has 0 heterocycles. The Morgan fingerprint density at radius 3 is 2.21 bits per heavy atom. The maximum absolute atomic E-state index is 9.14. The highest BCUT2D eigenvalue weighted by Gasteiger charge is 2.24. The Balaban J connectivity index is 4.00. The van der Waals surface area contributed by atoms with Gasteiger partial charge in [-0.05, 0) is 6.54 Å². The standard InChI is InChI=1S/C10H23NO3/c1-4-11(5-6-14-3)7-10(2,8-12)9-13/h12-13H,4-9H2,1-3H3. The van der Waals surface area contributed by atoms with Crippen molar-refractivity contribution in [3.63, 3.8) is 0 Å². The van der Waals surface area contributed by atoms with Gasteiger partial charge in [0.05, 0.1) is 19.8 Å². The Labute approximate surface area is 86.5 Å². The molecule has 0 radical (unpaired) electrons. The van der Waals surface area contributed by atoms with E-state index >= 15 is 0 Å². The number of aliphatic hydroxyl groups excluding tert-OH is 2. The number of nitrogens with zero attached hydrogens (tertiary/aromatic N) is 1. The van der Waals surface area contributed by atoms with Crippen LogP contribution >= 0.6 is 0 Å². The van der Waals surface area contributed by atoms with Crippen LogP contribution < -0.4 is 0 Å². The van der Waals surface area contributed by atoms with Gasteiger partial charge < -0.3 is 19.8 Å². The van der Waals surface area contributed by atoms with Crippen LogP contribution in [0.3, 0.4) is 0 Å². The molecule has 0 aliphatic heterocycles. The van der Waals surface area contributed by atoms with Gasteiger partial charge in [0.1, 0.15) is 0 Å². The minimum Gasteiger partial charge on any atom is -0.396 e. The first-order valence-electron chi connectivity index (χ1n) is 5.05. The van der Waals surface area contributed by atoms with Gasteiger partial charge in [-0.3, -0.25) is 0 Å². The molecule has 4 nitrogen and oxygen atoms in total. The van der Waals surface area contributed by atoms with Gasteiger partial charge in [0.25, 0.3) is 0 Å². The van der Waals surface area contributed by atoms with Crippen molar-refractivity contribution in [3.8, 4) is 0 Å². The molecule has 0 saturated carbocycles. The van der Waals surface area contributed by atoms with Gasteiger partial charge in [0.15, 0.2) is 0 Å². The molecule has 0 fully saturated rings. The molecule has 86 valence electrons. The molecular formula is C10H23NO3. The number of hydrogen-bond acceptors (Lipinski definition) is 4. The number of hydrogen-bond donors (Lipinski definition) is 2. The monoisotopic (exact) mass is 205 g/mol. The van der Waals surface area contributed by atoms with E-state index in [-0.39, 0.29) is 13.2 Å². The van der Waals surface area contributed by atoms with Crippen LogP contribution in [0.5, 0.6) is 0 Å². The fraction of sp³-hybridized carbons (Fsp3) is 1.00. The van der Waals surface area contributed by atoms with Crippen LogP contribution in [0.15, 0.2) is 0 Å². The van der Waals surface area contributed by atoms with Gasteiger partial charge in [-0.15, -0.1) is 0 Å². The smallest absolute Gasteiger partial charge is 0.0589 e. The number of aliphatic hydroxyl groups is 2. The highest BCUT2D eigenvalue weighted by molar-refractivity contribution is 4.76. The third kappa shape index (κ3) is 4.91. The van der Waals surface area contributed by atoms with Crippen molar-refractivity contribution >= 4 is 0 Å². The van der Waals surface area contributed by atoms with E-state index in [0.29, 0.717) is 13.2 Å². The molecule has 0 aromatic carbocycles. The molecule has 14 heavy (non-hydrogen) atoms. The Morgan fingerprint density at radius 2 is 1.86 bits per heavy atom. The summed E-state index contributed by atoms with van der Waals surface area (Å²) in [6, 6.07) is 0. The molecule has 0 rings (SSSR count). The van der Waals surface area contributed by atoms with Crippen LogP contribution in [0.25, 0.3) is 0 Å². The lowest BCUT2D eigenvalue weighted by Gasteiger charge is -2.31. The SMILES string of the molecule is CCN(CCOC)CC(C)(CO)CO. The third-order valence-corrected chi connectivity index (χ3v) is 2.43. The van der Waals surface area contributed by atoms with Crippen molar-refractivity contribution in [1.82, 2.24) is 4.90 Å². The maximum Gasteiger partial charge on any atom is 0.0589 e. The van der Waals surface area contributed by atoms with Gasteiger partial charge in [-0.2, -0.15) is 0 Å². The maximum atomic E-state index is 9.14. The van der Waals surface area contributed by atoms with E-state index in [1.54, 1.807) is 7.11 Å². The molecule has 4 heteroatoms. The van der Waals surface area contributed by atoms with Crippen LogP contribution in [0.4, 0.5) is 0 Å². The van der Waals surface area contributed by atoms with Crippen molar-refractivity contribution in [2.75, 3.05) is 46.6 Å². The van der Waals surface area contributed by atoms with Crippen LogP contribution in [0.1, 0.15) is 13.8 Å². The molecule has 0 saturated heterocycles. The summed E-state index contributed by atoms with van der Waals surface area (Å²) in [6.45, 7) is 7.06. The molecule has 0 aromatic rings. The normalized spacial score (nSPS) is 12.4. The van der Waals surface area contributed by atoms with E-state index in [9.17, 15) is 0 Å².